The van der Waals surface area contributed by atoms with Crippen molar-refractivity contribution in [3.63, 3.8) is 0 Å². The standard InChI is InChI=1S/C19H23N5O4S2/c1-4-6-11-24(5-2)30(26,27)15-9-7-14(8-10-15)17(25)21-19-23-22-18(28-19)16-12-29-13(3)20-16/h7-10,12H,4-6,11H2,1-3H3,(H,21,23,25). The number of sulfonamides is 1. The third-order valence-electron chi connectivity index (χ3n) is 4.35. The normalized spacial score (nSPS) is 11.7. The number of hydrogen-bond acceptors (Lipinski definition) is 8. The van der Waals surface area contributed by atoms with Crippen molar-refractivity contribution in [2.75, 3.05) is 18.4 Å². The molecule has 0 bridgehead atoms. The summed E-state index contributed by atoms with van der Waals surface area (Å²) in [6, 6.07) is 5.70. The number of rotatable bonds is 9. The van der Waals surface area contributed by atoms with Gasteiger partial charge in [0.1, 0.15) is 5.69 Å². The molecule has 1 aromatic carbocycles. The first-order chi connectivity index (χ1) is 14.3. The van der Waals surface area contributed by atoms with Crippen LogP contribution >= 0.6 is 11.3 Å². The molecule has 0 aliphatic carbocycles. The molecule has 30 heavy (non-hydrogen) atoms. The fourth-order valence-corrected chi connectivity index (χ4v) is 4.79. The maximum Gasteiger partial charge on any atom is 0.322 e. The first kappa shape index (κ1) is 22.1. The number of hydrogen-bond donors (Lipinski definition) is 1. The number of aryl methyl sites for hydroxylation is 1. The molecule has 0 aliphatic rings. The van der Waals surface area contributed by atoms with Gasteiger partial charge in [-0.15, -0.1) is 16.4 Å². The fraction of sp³-hybridized carbons (Fsp3) is 0.368. The molecule has 2 heterocycles. The maximum atomic E-state index is 12.8. The van der Waals surface area contributed by atoms with Crippen LogP contribution in [0.2, 0.25) is 0 Å². The monoisotopic (exact) mass is 449 g/mol. The van der Waals surface area contributed by atoms with Crippen LogP contribution in [0, 0.1) is 6.92 Å². The van der Waals surface area contributed by atoms with Crippen LogP contribution in [0.1, 0.15) is 42.1 Å². The summed E-state index contributed by atoms with van der Waals surface area (Å²) in [6.45, 7) is 6.54. The number of amides is 1. The Morgan fingerprint density at radius 1 is 1.20 bits per heavy atom. The van der Waals surface area contributed by atoms with Crippen LogP contribution in [0.3, 0.4) is 0 Å². The number of carbonyl (C=O) groups excluding carboxylic acids is 1. The van der Waals surface area contributed by atoms with Crippen molar-refractivity contribution in [2.24, 2.45) is 0 Å². The molecule has 1 amide bonds. The number of carbonyl (C=O) groups is 1. The summed E-state index contributed by atoms with van der Waals surface area (Å²) in [5, 5.41) is 12.8. The quantitative estimate of drug-likeness (QED) is 0.530. The summed E-state index contributed by atoms with van der Waals surface area (Å²) in [6.07, 6.45) is 1.70. The lowest BCUT2D eigenvalue weighted by Gasteiger charge is -2.20. The predicted molar refractivity (Wildman–Crippen MR) is 114 cm³/mol. The van der Waals surface area contributed by atoms with Crippen molar-refractivity contribution in [2.45, 2.75) is 38.5 Å². The summed E-state index contributed by atoms with van der Waals surface area (Å²) >= 11 is 1.45. The van der Waals surface area contributed by atoms with E-state index in [9.17, 15) is 13.2 Å². The van der Waals surface area contributed by atoms with Crippen molar-refractivity contribution < 1.29 is 17.6 Å². The average Bonchev–Trinajstić information content (AvgIpc) is 3.37. The zero-order chi connectivity index (χ0) is 21.7. The molecule has 0 unspecified atom stereocenters. The predicted octanol–water partition coefficient (Wildman–Crippen LogP) is 3.56. The zero-order valence-corrected chi connectivity index (χ0v) is 18.6. The second-order valence-electron chi connectivity index (χ2n) is 6.49. The molecule has 1 N–H and O–H groups in total. The van der Waals surface area contributed by atoms with Gasteiger partial charge in [0, 0.05) is 24.0 Å². The van der Waals surface area contributed by atoms with E-state index in [-0.39, 0.29) is 22.4 Å². The summed E-state index contributed by atoms with van der Waals surface area (Å²) in [4.78, 5) is 16.8. The number of unbranched alkanes of at least 4 members (excludes halogenated alkanes) is 1. The lowest BCUT2D eigenvalue weighted by molar-refractivity contribution is 0.102. The van der Waals surface area contributed by atoms with E-state index in [1.54, 1.807) is 12.3 Å². The van der Waals surface area contributed by atoms with E-state index < -0.39 is 15.9 Å². The Balaban J connectivity index is 1.70. The molecular weight excluding hydrogens is 426 g/mol. The number of anilines is 1. The van der Waals surface area contributed by atoms with Gasteiger partial charge in [-0.1, -0.05) is 25.4 Å². The van der Waals surface area contributed by atoms with Gasteiger partial charge in [0.15, 0.2) is 0 Å². The van der Waals surface area contributed by atoms with Crippen LogP contribution in [0.15, 0.2) is 39.0 Å². The van der Waals surface area contributed by atoms with Crippen LogP contribution in [-0.2, 0) is 10.0 Å². The van der Waals surface area contributed by atoms with E-state index in [0.717, 1.165) is 17.8 Å². The molecule has 0 aliphatic heterocycles. The van der Waals surface area contributed by atoms with Crippen molar-refractivity contribution in [3.05, 3.63) is 40.2 Å². The highest BCUT2D eigenvalue weighted by Crippen LogP contribution is 2.22. The Kier molecular flexibility index (Phi) is 6.95. The van der Waals surface area contributed by atoms with Gasteiger partial charge in [-0.25, -0.2) is 13.4 Å². The number of nitrogens with one attached hydrogen (secondary N) is 1. The molecule has 3 rings (SSSR count). The third kappa shape index (κ3) is 4.91. The molecule has 3 aromatic rings. The summed E-state index contributed by atoms with van der Waals surface area (Å²) < 4.78 is 32.4. The van der Waals surface area contributed by atoms with E-state index in [2.05, 4.69) is 20.5 Å². The smallest absolute Gasteiger partial charge is 0.322 e. The van der Waals surface area contributed by atoms with Crippen LogP contribution in [0.5, 0.6) is 0 Å². The fourth-order valence-electron chi connectivity index (χ4n) is 2.72. The first-order valence-corrected chi connectivity index (χ1v) is 11.8. The Morgan fingerprint density at radius 2 is 1.93 bits per heavy atom. The number of nitrogens with zero attached hydrogens (tertiary/aromatic N) is 4. The molecule has 0 saturated carbocycles. The molecule has 2 aromatic heterocycles. The van der Waals surface area contributed by atoms with Crippen molar-refractivity contribution in [1.82, 2.24) is 19.5 Å². The number of thiazole rings is 1. The van der Waals surface area contributed by atoms with Gasteiger partial charge in [0.25, 0.3) is 11.8 Å². The van der Waals surface area contributed by atoms with Gasteiger partial charge in [0.05, 0.1) is 9.90 Å². The summed E-state index contributed by atoms with van der Waals surface area (Å²) in [5.74, 6) is -0.273. The Morgan fingerprint density at radius 3 is 2.53 bits per heavy atom. The zero-order valence-electron chi connectivity index (χ0n) is 17.0. The molecule has 0 fully saturated rings. The largest absolute Gasteiger partial charge is 0.401 e. The van der Waals surface area contributed by atoms with Gasteiger partial charge >= 0.3 is 6.01 Å². The highest BCUT2D eigenvalue weighted by atomic mass is 32.2. The molecule has 0 radical (unpaired) electrons. The minimum atomic E-state index is -3.60. The van der Waals surface area contributed by atoms with E-state index in [4.69, 9.17) is 4.42 Å². The summed E-state index contributed by atoms with van der Waals surface area (Å²) in [7, 11) is -3.60. The SMILES string of the molecule is CCCCN(CC)S(=O)(=O)c1ccc(C(=O)Nc2nnc(-c3csc(C)n3)o2)cc1. The average molecular weight is 450 g/mol. The highest BCUT2D eigenvalue weighted by molar-refractivity contribution is 7.89. The van der Waals surface area contributed by atoms with Gasteiger partial charge in [-0.05, 0) is 37.6 Å². The van der Waals surface area contributed by atoms with Gasteiger partial charge in [0.2, 0.25) is 10.0 Å². The Hall–Kier alpha value is -2.63. The highest BCUT2D eigenvalue weighted by Gasteiger charge is 2.23. The van der Waals surface area contributed by atoms with Crippen LogP contribution in [0.4, 0.5) is 6.01 Å². The second-order valence-corrected chi connectivity index (χ2v) is 9.49. The molecule has 9 nitrogen and oxygen atoms in total. The molecule has 0 saturated heterocycles. The lowest BCUT2D eigenvalue weighted by Crippen LogP contribution is -2.31. The van der Waals surface area contributed by atoms with Crippen molar-refractivity contribution >= 4 is 33.3 Å². The van der Waals surface area contributed by atoms with Crippen LogP contribution < -0.4 is 5.32 Å². The van der Waals surface area contributed by atoms with Crippen LogP contribution in [0.25, 0.3) is 11.6 Å². The third-order valence-corrected chi connectivity index (χ3v) is 7.11. The van der Waals surface area contributed by atoms with Gasteiger partial charge in [-0.3, -0.25) is 10.1 Å². The number of aromatic nitrogens is 3. The molecule has 160 valence electrons. The van der Waals surface area contributed by atoms with Gasteiger partial charge in [-0.2, -0.15) is 4.31 Å². The summed E-state index contributed by atoms with van der Waals surface area (Å²) in [5.41, 5.74) is 0.818. The van der Waals surface area contributed by atoms with E-state index in [1.165, 1.54) is 39.9 Å². The van der Waals surface area contributed by atoms with Crippen molar-refractivity contribution in [3.8, 4) is 11.6 Å². The minimum absolute atomic E-state index is 0.0610. The van der Waals surface area contributed by atoms with E-state index in [1.807, 2.05) is 13.8 Å². The topological polar surface area (TPSA) is 118 Å². The number of benzene rings is 1. The lowest BCUT2D eigenvalue weighted by atomic mass is 10.2. The van der Waals surface area contributed by atoms with Crippen LogP contribution in [-0.4, -0.2) is 46.9 Å². The van der Waals surface area contributed by atoms with Crippen molar-refractivity contribution in [1.29, 1.82) is 0 Å². The Bertz CT molecular complexity index is 1110. The second kappa shape index (κ2) is 9.45. The molecular formula is C19H23N5O4S2. The molecule has 0 spiro atoms. The van der Waals surface area contributed by atoms with E-state index >= 15 is 0 Å². The maximum absolute atomic E-state index is 12.8. The van der Waals surface area contributed by atoms with E-state index in [0.29, 0.717) is 18.8 Å². The van der Waals surface area contributed by atoms with Gasteiger partial charge < -0.3 is 4.42 Å². The Labute approximate surface area is 179 Å². The molecule has 11 heteroatoms. The molecule has 0 atom stereocenters. The first-order valence-electron chi connectivity index (χ1n) is 9.52. The minimum Gasteiger partial charge on any atom is -0.401 e.